The fourth-order valence-corrected chi connectivity index (χ4v) is 2.39. The standard InChI is InChI=1S/C13H23N3O/c1-12(13-3-9-17-10-4-13)15-5-2-7-16-8-6-14-11-16/h6,8,11-13,15H,2-5,7,9-10H2,1H3. The van der Waals surface area contributed by atoms with Crippen molar-refractivity contribution in [2.75, 3.05) is 19.8 Å². The fourth-order valence-electron chi connectivity index (χ4n) is 2.39. The van der Waals surface area contributed by atoms with Crippen LogP contribution < -0.4 is 5.32 Å². The topological polar surface area (TPSA) is 39.1 Å². The molecule has 2 heterocycles. The Hall–Kier alpha value is -0.870. The molecule has 2 rings (SSSR count). The van der Waals surface area contributed by atoms with E-state index in [4.69, 9.17) is 4.74 Å². The highest BCUT2D eigenvalue weighted by molar-refractivity contribution is 4.76. The molecule has 0 amide bonds. The van der Waals surface area contributed by atoms with Gasteiger partial charge in [0.05, 0.1) is 6.33 Å². The smallest absolute Gasteiger partial charge is 0.0945 e. The van der Waals surface area contributed by atoms with Crippen molar-refractivity contribution in [3.63, 3.8) is 0 Å². The van der Waals surface area contributed by atoms with Crippen LogP contribution >= 0.6 is 0 Å². The molecule has 17 heavy (non-hydrogen) atoms. The highest BCUT2D eigenvalue weighted by Crippen LogP contribution is 2.18. The van der Waals surface area contributed by atoms with Gasteiger partial charge < -0.3 is 14.6 Å². The lowest BCUT2D eigenvalue weighted by Gasteiger charge is -2.28. The van der Waals surface area contributed by atoms with Crippen molar-refractivity contribution in [2.45, 2.75) is 38.8 Å². The van der Waals surface area contributed by atoms with Gasteiger partial charge in [-0.3, -0.25) is 0 Å². The first-order valence-corrected chi connectivity index (χ1v) is 6.63. The van der Waals surface area contributed by atoms with E-state index in [1.54, 1.807) is 0 Å². The van der Waals surface area contributed by atoms with E-state index in [-0.39, 0.29) is 0 Å². The molecule has 4 nitrogen and oxygen atoms in total. The molecule has 1 N–H and O–H groups in total. The number of ether oxygens (including phenoxy) is 1. The van der Waals surface area contributed by atoms with Gasteiger partial charge in [0.15, 0.2) is 0 Å². The summed E-state index contributed by atoms with van der Waals surface area (Å²) in [6, 6.07) is 0.613. The molecule has 1 atom stereocenters. The third kappa shape index (κ3) is 4.13. The third-order valence-electron chi connectivity index (χ3n) is 3.59. The molecule has 4 heteroatoms. The van der Waals surface area contributed by atoms with E-state index in [1.165, 1.54) is 12.8 Å². The summed E-state index contributed by atoms with van der Waals surface area (Å²) >= 11 is 0. The third-order valence-corrected chi connectivity index (χ3v) is 3.59. The molecular formula is C13H23N3O. The van der Waals surface area contributed by atoms with E-state index in [2.05, 4.69) is 21.8 Å². The highest BCUT2D eigenvalue weighted by Gasteiger charge is 2.19. The predicted molar refractivity (Wildman–Crippen MR) is 67.9 cm³/mol. The lowest BCUT2D eigenvalue weighted by Crippen LogP contribution is -2.37. The molecular weight excluding hydrogens is 214 g/mol. The molecule has 1 fully saturated rings. The maximum atomic E-state index is 5.39. The largest absolute Gasteiger partial charge is 0.381 e. The van der Waals surface area contributed by atoms with Gasteiger partial charge in [0.1, 0.15) is 0 Å². The van der Waals surface area contributed by atoms with Crippen molar-refractivity contribution in [2.24, 2.45) is 5.92 Å². The second-order valence-corrected chi connectivity index (χ2v) is 4.85. The van der Waals surface area contributed by atoms with Crippen LogP contribution in [0.25, 0.3) is 0 Å². The molecule has 96 valence electrons. The van der Waals surface area contributed by atoms with Crippen LogP contribution in [0.2, 0.25) is 0 Å². The zero-order chi connectivity index (χ0) is 11.9. The van der Waals surface area contributed by atoms with Crippen LogP contribution in [0.1, 0.15) is 26.2 Å². The Kier molecular flexibility index (Phi) is 5.01. The second kappa shape index (κ2) is 6.77. The normalized spacial score (nSPS) is 19.4. The first-order chi connectivity index (χ1) is 8.36. The maximum Gasteiger partial charge on any atom is 0.0945 e. The average molecular weight is 237 g/mol. The minimum atomic E-state index is 0.613. The summed E-state index contributed by atoms with van der Waals surface area (Å²) in [6.07, 6.45) is 9.29. The van der Waals surface area contributed by atoms with E-state index in [1.807, 2.05) is 18.7 Å². The summed E-state index contributed by atoms with van der Waals surface area (Å²) in [6.45, 7) is 6.30. The lowest BCUT2D eigenvalue weighted by atomic mass is 9.93. The van der Waals surface area contributed by atoms with Crippen LogP contribution in [-0.2, 0) is 11.3 Å². The van der Waals surface area contributed by atoms with Crippen LogP contribution in [0.4, 0.5) is 0 Å². The number of nitrogens with one attached hydrogen (secondary N) is 1. The molecule has 1 aliphatic heterocycles. The minimum absolute atomic E-state index is 0.613. The molecule has 0 aliphatic carbocycles. The first kappa shape index (κ1) is 12.6. The zero-order valence-corrected chi connectivity index (χ0v) is 10.6. The Balaban J connectivity index is 1.57. The number of nitrogens with zero attached hydrogens (tertiary/aromatic N) is 2. The van der Waals surface area contributed by atoms with E-state index in [0.717, 1.165) is 38.6 Å². The molecule has 1 aromatic heterocycles. The molecule has 1 saturated heterocycles. The SMILES string of the molecule is CC(NCCCn1ccnc1)C1CCOCC1. The zero-order valence-electron chi connectivity index (χ0n) is 10.6. The minimum Gasteiger partial charge on any atom is -0.381 e. The van der Waals surface area contributed by atoms with Crippen molar-refractivity contribution < 1.29 is 4.74 Å². The van der Waals surface area contributed by atoms with Gasteiger partial charge in [0.2, 0.25) is 0 Å². The number of rotatable bonds is 6. The molecule has 1 aliphatic rings. The van der Waals surface area contributed by atoms with Gasteiger partial charge in [-0.05, 0) is 38.6 Å². The summed E-state index contributed by atoms with van der Waals surface area (Å²) < 4.78 is 7.51. The van der Waals surface area contributed by atoms with Gasteiger partial charge in [-0.2, -0.15) is 0 Å². The maximum absolute atomic E-state index is 5.39. The molecule has 0 aromatic carbocycles. The summed E-state index contributed by atoms with van der Waals surface area (Å²) in [7, 11) is 0. The number of aromatic nitrogens is 2. The predicted octanol–water partition coefficient (Wildman–Crippen LogP) is 1.68. The van der Waals surface area contributed by atoms with E-state index in [9.17, 15) is 0 Å². The van der Waals surface area contributed by atoms with E-state index < -0.39 is 0 Å². The quantitative estimate of drug-likeness (QED) is 0.765. The average Bonchev–Trinajstić information content (AvgIpc) is 2.88. The number of imidazole rings is 1. The van der Waals surface area contributed by atoms with Gasteiger partial charge in [-0.25, -0.2) is 4.98 Å². The monoisotopic (exact) mass is 237 g/mol. The lowest BCUT2D eigenvalue weighted by molar-refractivity contribution is 0.0559. The van der Waals surface area contributed by atoms with Gasteiger partial charge in [-0.15, -0.1) is 0 Å². The highest BCUT2D eigenvalue weighted by atomic mass is 16.5. The second-order valence-electron chi connectivity index (χ2n) is 4.85. The van der Waals surface area contributed by atoms with Gasteiger partial charge in [-0.1, -0.05) is 0 Å². The Bertz CT molecular complexity index is 294. The molecule has 0 spiro atoms. The Morgan fingerprint density at radius 2 is 2.29 bits per heavy atom. The number of aryl methyl sites for hydroxylation is 1. The van der Waals surface area contributed by atoms with Crippen molar-refractivity contribution in [1.29, 1.82) is 0 Å². The molecule has 0 radical (unpaired) electrons. The van der Waals surface area contributed by atoms with Crippen molar-refractivity contribution >= 4 is 0 Å². The van der Waals surface area contributed by atoms with Crippen LogP contribution in [0.3, 0.4) is 0 Å². The fraction of sp³-hybridized carbons (Fsp3) is 0.769. The Morgan fingerprint density at radius 1 is 1.47 bits per heavy atom. The van der Waals surface area contributed by atoms with Gasteiger partial charge >= 0.3 is 0 Å². The molecule has 0 bridgehead atoms. The van der Waals surface area contributed by atoms with E-state index >= 15 is 0 Å². The number of hydrogen-bond donors (Lipinski definition) is 1. The van der Waals surface area contributed by atoms with Crippen LogP contribution in [-0.4, -0.2) is 35.4 Å². The van der Waals surface area contributed by atoms with Gasteiger partial charge in [0, 0.05) is 38.2 Å². The molecule has 1 unspecified atom stereocenters. The van der Waals surface area contributed by atoms with E-state index in [0.29, 0.717) is 6.04 Å². The first-order valence-electron chi connectivity index (χ1n) is 6.63. The summed E-state index contributed by atoms with van der Waals surface area (Å²) in [5.41, 5.74) is 0. The Labute approximate surface area is 103 Å². The van der Waals surface area contributed by atoms with Crippen molar-refractivity contribution in [3.8, 4) is 0 Å². The molecule has 0 saturated carbocycles. The Morgan fingerprint density at radius 3 is 3.00 bits per heavy atom. The van der Waals surface area contributed by atoms with Crippen molar-refractivity contribution in [1.82, 2.24) is 14.9 Å². The summed E-state index contributed by atoms with van der Waals surface area (Å²) in [4.78, 5) is 4.04. The summed E-state index contributed by atoms with van der Waals surface area (Å²) in [5.74, 6) is 0.789. The van der Waals surface area contributed by atoms with Crippen LogP contribution in [0.15, 0.2) is 18.7 Å². The van der Waals surface area contributed by atoms with Crippen LogP contribution in [0, 0.1) is 5.92 Å². The van der Waals surface area contributed by atoms with Crippen molar-refractivity contribution in [3.05, 3.63) is 18.7 Å². The number of hydrogen-bond acceptors (Lipinski definition) is 3. The van der Waals surface area contributed by atoms with Gasteiger partial charge in [0.25, 0.3) is 0 Å². The van der Waals surface area contributed by atoms with Crippen LogP contribution in [0.5, 0.6) is 0 Å². The molecule has 1 aromatic rings. The summed E-state index contributed by atoms with van der Waals surface area (Å²) in [5, 5.41) is 3.63.